The Hall–Kier alpha value is -0.0800. The Kier molecular flexibility index (Phi) is 7.06. The highest BCUT2D eigenvalue weighted by Gasteiger charge is 2.28. The smallest absolute Gasteiger partial charge is 0.0249 e. The minimum atomic E-state index is 0.747. The number of nitrogens with zero attached hydrogens (tertiary/aromatic N) is 1. The van der Waals surface area contributed by atoms with Gasteiger partial charge in [0.05, 0.1) is 0 Å². The summed E-state index contributed by atoms with van der Waals surface area (Å²) in [5.74, 6) is 0. The molecule has 0 spiro atoms. The third-order valence-corrected chi connectivity index (χ3v) is 3.69. The van der Waals surface area contributed by atoms with E-state index in [4.69, 9.17) is 0 Å². The van der Waals surface area contributed by atoms with Crippen LogP contribution >= 0.6 is 0 Å². The number of hydrogen-bond donors (Lipinski definition) is 1. The topological polar surface area (TPSA) is 15.3 Å². The quantitative estimate of drug-likeness (QED) is 0.718. The summed E-state index contributed by atoms with van der Waals surface area (Å²) in [4.78, 5) is 2.73. The average Bonchev–Trinajstić information content (AvgIpc) is 2.30. The van der Waals surface area contributed by atoms with E-state index in [2.05, 4.69) is 31.0 Å². The lowest BCUT2D eigenvalue weighted by Gasteiger charge is -2.40. The van der Waals surface area contributed by atoms with E-state index in [1.54, 1.807) is 0 Å². The molecule has 0 saturated heterocycles. The molecule has 1 aliphatic rings. The van der Waals surface area contributed by atoms with Gasteiger partial charge in [-0.2, -0.15) is 0 Å². The van der Waals surface area contributed by atoms with Crippen LogP contribution in [0.15, 0.2) is 0 Å². The third kappa shape index (κ3) is 4.06. The van der Waals surface area contributed by atoms with Gasteiger partial charge in [0.1, 0.15) is 0 Å². The van der Waals surface area contributed by atoms with Crippen molar-refractivity contribution in [2.75, 3.05) is 19.6 Å². The Morgan fingerprint density at radius 1 is 1.00 bits per heavy atom. The van der Waals surface area contributed by atoms with Gasteiger partial charge in [0.25, 0.3) is 0 Å². The minimum absolute atomic E-state index is 0.747. The number of likely N-dealkylation sites (N-methyl/N-ethyl adjacent to an activating group) is 1. The Morgan fingerprint density at radius 3 is 2.19 bits per heavy atom. The van der Waals surface area contributed by atoms with Gasteiger partial charge in [-0.05, 0) is 45.3 Å². The highest BCUT2D eigenvalue weighted by molar-refractivity contribution is 4.87. The average molecular weight is 226 g/mol. The fraction of sp³-hybridized carbons (Fsp3) is 1.00. The van der Waals surface area contributed by atoms with E-state index in [1.807, 2.05) is 0 Å². The molecule has 1 N–H and O–H groups in total. The van der Waals surface area contributed by atoms with Gasteiger partial charge in [-0.15, -0.1) is 0 Å². The molecule has 1 rings (SSSR count). The van der Waals surface area contributed by atoms with Gasteiger partial charge in [-0.25, -0.2) is 0 Å². The van der Waals surface area contributed by atoms with Crippen molar-refractivity contribution in [3.05, 3.63) is 0 Å². The summed E-state index contributed by atoms with van der Waals surface area (Å²) in [5.41, 5.74) is 0. The Labute approximate surface area is 102 Å². The van der Waals surface area contributed by atoms with Gasteiger partial charge in [0.15, 0.2) is 0 Å². The van der Waals surface area contributed by atoms with Gasteiger partial charge in [-0.1, -0.05) is 33.6 Å². The summed E-state index contributed by atoms with van der Waals surface area (Å²) < 4.78 is 0. The van der Waals surface area contributed by atoms with Crippen molar-refractivity contribution in [3.8, 4) is 0 Å². The molecule has 0 aromatic carbocycles. The molecule has 2 atom stereocenters. The first-order valence-electron chi connectivity index (χ1n) is 7.30. The second-order valence-corrected chi connectivity index (χ2v) is 5.05. The molecule has 0 amide bonds. The highest BCUT2D eigenvalue weighted by Crippen LogP contribution is 2.23. The number of hydrogen-bond acceptors (Lipinski definition) is 2. The predicted molar refractivity (Wildman–Crippen MR) is 71.9 cm³/mol. The second kappa shape index (κ2) is 8.08. The van der Waals surface area contributed by atoms with E-state index >= 15 is 0 Å². The van der Waals surface area contributed by atoms with Gasteiger partial charge in [-0.3, -0.25) is 4.90 Å². The van der Waals surface area contributed by atoms with E-state index in [0.717, 1.165) is 18.6 Å². The van der Waals surface area contributed by atoms with Crippen molar-refractivity contribution in [1.29, 1.82) is 0 Å². The van der Waals surface area contributed by atoms with Crippen LogP contribution in [0.1, 0.15) is 59.3 Å². The molecule has 2 nitrogen and oxygen atoms in total. The van der Waals surface area contributed by atoms with Gasteiger partial charge < -0.3 is 5.32 Å². The van der Waals surface area contributed by atoms with Crippen molar-refractivity contribution in [2.24, 2.45) is 0 Å². The van der Waals surface area contributed by atoms with Crippen LogP contribution in [-0.4, -0.2) is 36.6 Å². The summed E-state index contributed by atoms with van der Waals surface area (Å²) in [6.45, 7) is 10.5. The van der Waals surface area contributed by atoms with Crippen molar-refractivity contribution in [1.82, 2.24) is 10.2 Å². The van der Waals surface area contributed by atoms with Crippen LogP contribution in [0.5, 0.6) is 0 Å². The summed E-state index contributed by atoms with van der Waals surface area (Å²) in [6, 6.07) is 1.55. The Bertz CT molecular complexity index is 162. The van der Waals surface area contributed by atoms with Crippen molar-refractivity contribution in [3.63, 3.8) is 0 Å². The molecular formula is C14H30N2. The summed E-state index contributed by atoms with van der Waals surface area (Å²) in [6.07, 6.45) is 8.20. The van der Waals surface area contributed by atoms with E-state index in [1.165, 1.54) is 51.6 Å². The highest BCUT2D eigenvalue weighted by atomic mass is 15.2. The van der Waals surface area contributed by atoms with Gasteiger partial charge in [0, 0.05) is 12.1 Å². The fourth-order valence-corrected chi connectivity index (χ4v) is 3.07. The van der Waals surface area contributed by atoms with Crippen LogP contribution in [0.2, 0.25) is 0 Å². The van der Waals surface area contributed by atoms with Gasteiger partial charge in [0.2, 0.25) is 0 Å². The summed E-state index contributed by atoms with van der Waals surface area (Å²) in [5, 5.41) is 3.69. The molecule has 0 aromatic rings. The van der Waals surface area contributed by atoms with Crippen LogP contribution in [0.25, 0.3) is 0 Å². The molecule has 1 saturated carbocycles. The molecular weight excluding hydrogens is 196 g/mol. The van der Waals surface area contributed by atoms with E-state index < -0.39 is 0 Å². The molecule has 2 heteroatoms. The molecule has 1 fully saturated rings. The van der Waals surface area contributed by atoms with E-state index in [9.17, 15) is 0 Å². The van der Waals surface area contributed by atoms with E-state index in [0.29, 0.717) is 0 Å². The standard InChI is InChI=1S/C14H30N2/c1-4-11-16(12-5-2)14-10-8-7-9-13(14)15-6-3/h13-15H,4-12H2,1-3H3. The SMILES string of the molecule is CCCN(CCC)C1CCCCC1NCC. The largest absolute Gasteiger partial charge is 0.313 e. The van der Waals surface area contributed by atoms with Crippen LogP contribution in [0, 0.1) is 0 Å². The molecule has 0 aliphatic heterocycles. The van der Waals surface area contributed by atoms with Crippen molar-refractivity contribution < 1.29 is 0 Å². The van der Waals surface area contributed by atoms with Crippen molar-refractivity contribution in [2.45, 2.75) is 71.4 Å². The molecule has 0 bridgehead atoms. The fourth-order valence-electron chi connectivity index (χ4n) is 3.07. The van der Waals surface area contributed by atoms with E-state index in [-0.39, 0.29) is 0 Å². The summed E-state index contributed by atoms with van der Waals surface area (Å²) in [7, 11) is 0. The maximum atomic E-state index is 3.69. The van der Waals surface area contributed by atoms with Gasteiger partial charge >= 0.3 is 0 Å². The molecule has 2 unspecified atom stereocenters. The lowest BCUT2D eigenvalue weighted by atomic mass is 9.89. The third-order valence-electron chi connectivity index (χ3n) is 3.69. The monoisotopic (exact) mass is 226 g/mol. The van der Waals surface area contributed by atoms with Crippen LogP contribution in [0.3, 0.4) is 0 Å². The minimum Gasteiger partial charge on any atom is -0.313 e. The van der Waals surface area contributed by atoms with Crippen LogP contribution in [-0.2, 0) is 0 Å². The zero-order chi connectivity index (χ0) is 11.8. The Morgan fingerprint density at radius 2 is 1.62 bits per heavy atom. The van der Waals surface area contributed by atoms with Crippen LogP contribution in [0.4, 0.5) is 0 Å². The number of nitrogens with one attached hydrogen (secondary N) is 1. The van der Waals surface area contributed by atoms with Crippen molar-refractivity contribution >= 4 is 0 Å². The van der Waals surface area contributed by atoms with Crippen LogP contribution < -0.4 is 5.32 Å². The zero-order valence-corrected chi connectivity index (χ0v) is 11.5. The molecule has 1 aliphatic carbocycles. The maximum Gasteiger partial charge on any atom is 0.0249 e. The first-order valence-corrected chi connectivity index (χ1v) is 7.30. The Balaban J connectivity index is 2.54. The summed E-state index contributed by atoms with van der Waals surface area (Å²) >= 11 is 0. The predicted octanol–water partition coefficient (Wildman–Crippen LogP) is 3.03. The molecule has 16 heavy (non-hydrogen) atoms. The lowest BCUT2D eigenvalue weighted by Crippen LogP contribution is -2.52. The number of rotatable bonds is 7. The first-order chi connectivity index (χ1) is 7.83. The molecule has 0 heterocycles. The normalized spacial score (nSPS) is 26.2. The molecule has 0 aromatic heterocycles. The zero-order valence-electron chi connectivity index (χ0n) is 11.5. The lowest BCUT2D eigenvalue weighted by molar-refractivity contribution is 0.122. The second-order valence-electron chi connectivity index (χ2n) is 5.05. The first kappa shape index (κ1) is 14.0. The molecule has 96 valence electrons. The molecule has 0 radical (unpaired) electrons. The maximum absolute atomic E-state index is 3.69.